The first-order valence-corrected chi connectivity index (χ1v) is 12.0. The lowest BCUT2D eigenvalue weighted by Gasteiger charge is -2.29. The van der Waals surface area contributed by atoms with Crippen molar-refractivity contribution < 1.29 is 14.5 Å². The predicted octanol–water partition coefficient (Wildman–Crippen LogP) is 5.08. The van der Waals surface area contributed by atoms with Crippen molar-refractivity contribution in [3.63, 3.8) is 0 Å². The van der Waals surface area contributed by atoms with Gasteiger partial charge in [-0.15, -0.1) is 11.8 Å². The van der Waals surface area contributed by atoms with E-state index in [2.05, 4.69) is 5.32 Å². The number of nitro benzene ring substituents is 1. The SMILES string of the molecule is CCCNC(=O)[C@@H](C)N(Cc1ccc(Cl)cc1Cl)C(=O)CSCc1ccc([N+](=O)[O-])cc1. The van der Waals surface area contributed by atoms with Gasteiger partial charge in [0.25, 0.3) is 5.69 Å². The lowest BCUT2D eigenvalue weighted by molar-refractivity contribution is -0.384. The van der Waals surface area contributed by atoms with Crippen LogP contribution in [-0.4, -0.2) is 40.0 Å². The molecule has 0 radical (unpaired) electrons. The van der Waals surface area contributed by atoms with E-state index in [4.69, 9.17) is 23.2 Å². The van der Waals surface area contributed by atoms with Crippen LogP contribution in [0.15, 0.2) is 42.5 Å². The van der Waals surface area contributed by atoms with Crippen LogP contribution in [0.1, 0.15) is 31.4 Å². The molecule has 1 atom stereocenters. The molecule has 0 heterocycles. The number of nitrogens with zero attached hydrogens (tertiary/aromatic N) is 2. The van der Waals surface area contributed by atoms with Crippen LogP contribution in [0.5, 0.6) is 0 Å². The van der Waals surface area contributed by atoms with Crippen molar-refractivity contribution in [2.45, 2.75) is 38.6 Å². The van der Waals surface area contributed by atoms with Gasteiger partial charge in [0.15, 0.2) is 0 Å². The lowest BCUT2D eigenvalue weighted by atomic mass is 10.1. The average molecular weight is 498 g/mol. The second kappa shape index (κ2) is 12.7. The van der Waals surface area contributed by atoms with Gasteiger partial charge in [-0.05, 0) is 36.6 Å². The van der Waals surface area contributed by atoms with Crippen LogP contribution in [0, 0.1) is 10.1 Å². The fourth-order valence-electron chi connectivity index (χ4n) is 2.86. The smallest absolute Gasteiger partial charge is 0.269 e. The molecule has 1 N–H and O–H groups in total. The molecular weight excluding hydrogens is 473 g/mol. The molecule has 0 aromatic heterocycles. The molecule has 32 heavy (non-hydrogen) atoms. The van der Waals surface area contributed by atoms with Crippen LogP contribution in [0.25, 0.3) is 0 Å². The standard InChI is InChI=1S/C22H25Cl2N3O4S/c1-3-10-25-22(29)15(2)26(12-17-6-7-18(23)11-20(17)24)21(28)14-32-13-16-4-8-19(9-5-16)27(30)31/h4-9,11,15H,3,10,12-14H2,1-2H3,(H,25,29)/t15-/m1/s1. The first-order chi connectivity index (χ1) is 15.2. The molecule has 0 bridgehead atoms. The van der Waals surface area contributed by atoms with Gasteiger partial charge in [0, 0.05) is 41.0 Å². The van der Waals surface area contributed by atoms with Gasteiger partial charge in [-0.25, -0.2) is 0 Å². The minimum atomic E-state index is -0.680. The van der Waals surface area contributed by atoms with Crippen molar-refractivity contribution in [1.82, 2.24) is 10.2 Å². The third-order valence-corrected chi connectivity index (χ3v) is 6.29. The van der Waals surface area contributed by atoms with E-state index in [0.717, 1.165) is 12.0 Å². The largest absolute Gasteiger partial charge is 0.354 e. The summed E-state index contributed by atoms with van der Waals surface area (Å²) in [6.07, 6.45) is 0.792. The Morgan fingerprint density at radius 2 is 1.88 bits per heavy atom. The van der Waals surface area contributed by atoms with Crippen LogP contribution in [0.2, 0.25) is 10.0 Å². The number of amides is 2. The van der Waals surface area contributed by atoms with Crippen molar-refractivity contribution in [2.24, 2.45) is 0 Å². The van der Waals surface area contributed by atoms with E-state index in [1.165, 1.54) is 28.8 Å². The van der Waals surface area contributed by atoms with E-state index >= 15 is 0 Å². The van der Waals surface area contributed by atoms with E-state index in [1.54, 1.807) is 37.3 Å². The molecule has 2 aromatic rings. The molecule has 172 valence electrons. The van der Waals surface area contributed by atoms with Gasteiger partial charge < -0.3 is 10.2 Å². The number of nitro groups is 1. The first kappa shape index (κ1) is 26.0. The van der Waals surface area contributed by atoms with Gasteiger partial charge in [-0.1, -0.05) is 48.3 Å². The number of halogens is 2. The Labute approximate surface area is 201 Å². The van der Waals surface area contributed by atoms with Gasteiger partial charge in [0.05, 0.1) is 10.7 Å². The quantitative estimate of drug-likeness (QED) is 0.345. The highest BCUT2D eigenvalue weighted by Crippen LogP contribution is 2.24. The summed E-state index contributed by atoms with van der Waals surface area (Å²) in [7, 11) is 0. The van der Waals surface area contributed by atoms with Crippen LogP contribution in [0.3, 0.4) is 0 Å². The van der Waals surface area contributed by atoms with Gasteiger partial charge >= 0.3 is 0 Å². The van der Waals surface area contributed by atoms with Gasteiger partial charge in [-0.3, -0.25) is 19.7 Å². The number of non-ortho nitro benzene ring substituents is 1. The Morgan fingerprint density at radius 3 is 2.47 bits per heavy atom. The average Bonchev–Trinajstić information content (AvgIpc) is 2.76. The Hall–Kier alpha value is -2.29. The first-order valence-electron chi connectivity index (χ1n) is 10.0. The van der Waals surface area contributed by atoms with Crippen LogP contribution in [0.4, 0.5) is 5.69 Å². The normalized spacial score (nSPS) is 11.6. The molecule has 0 fully saturated rings. The number of rotatable bonds is 11. The maximum absolute atomic E-state index is 13.0. The van der Waals surface area contributed by atoms with E-state index in [1.807, 2.05) is 6.92 Å². The highest BCUT2D eigenvalue weighted by atomic mass is 35.5. The zero-order chi connectivity index (χ0) is 23.7. The van der Waals surface area contributed by atoms with E-state index < -0.39 is 11.0 Å². The van der Waals surface area contributed by atoms with Gasteiger partial charge in [0.1, 0.15) is 6.04 Å². The molecule has 0 saturated heterocycles. The molecule has 0 saturated carbocycles. The van der Waals surface area contributed by atoms with E-state index in [-0.39, 0.29) is 29.8 Å². The molecule has 0 aliphatic rings. The minimum Gasteiger partial charge on any atom is -0.354 e. The monoisotopic (exact) mass is 497 g/mol. The predicted molar refractivity (Wildman–Crippen MR) is 129 cm³/mol. The molecule has 0 aliphatic carbocycles. The Kier molecular flexibility index (Phi) is 10.3. The fraction of sp³-hybridized carbons (Fsp3) is 0.364. The summed E-state index contributed by atoms with van der Waals surface area (Å²) in [4.78, 5) is 37.4. The van der Waals surface area contributed by atoms with Crippen molar-refractivity contribution in [1.29, 1.82) is 0 Å². The Balaban J connectivity index is 2.08. The summed E-state index contributed by atoms with van der Waals surface area (Å²) < 4.78 is 0. The number of hydrogen-bond acceptors (Lipinski definition) is 5. The summed E-state index contributed by atoms with van der Waals surface area (Å²) in [5.41, 5.74) is 1.59. The second-order valence-corrected chi connectivity index (χ2v) is 8.97. The Bertz CT molecular complexity index is 957. The molecular formula is C22H25Cl2N3O4S. The van der Waals surface area contributed by atoms with Crippen molar-refractivity contribution in [2.75, 3.05) is 12.3 Å². The van der Waals surface area contributed by atoms with E-state index in [9.17, 15) is 19.7 Å². The molecule has 2 amide bonds. The summed E-state index contributed by atoms with van der Waals surface area (Å²) in [5.74, 6) is 0.219. The maximum Gasteiger partial charge on any atom is 0.269 e. The van der Waals surface area contributed by atoms with Crippen molar-refractivity contribution in [3.8, 4) is 0 Å². The minimum absolute atomic E-state index is 0.0211. The third-order valence-electron chi connectivity index (χ3n) is 4.71. The molecule has 0 spiro atoms. The maximum atomic E-state index is 13.0. The summed E-state index contributed by atoms with van der Waals surface area (Å²) >= 11 is 13.6. The number of benzene rings is 2. The van der Waals surface area contributed by atoms with E-state index in [0.29, 0.717) is 27.9 Å². The Morgan fingerprint density at radius 1 is 1.19 bits per heavy atom. The highest BCUT2D eigenvalue weighted by Gasteiger charge is 2.26. The topological polar surface area (TPSA) is 92.6 Å². The zero-order valence-electron chi connectivity index (χ0n) is 17.8. The number of thioether (sulfide) groups is 1. The second-order valence-electron chi connectivity index (χ2n) is 7.14. The molecule has 2 aromatic carbocycles. The molecule has 0 aliphatic heterocycles. The van der Waals surface area contributed by atoms with Crippen molar-refractivity contribution >= 4 is 52.5 Å². The number of nitrogens with one attached hydrogen (secondary N) is 1. The number of carbonyl (C=O) groups excluding carboxylic acids is 2. The fourth-order valence-corrected chi connectivity index (χ4v) is 4.20. The lowest BCUT2D eigenvalue weighted by Crippen LogP contribution is -2.48. The van der Waals surface area contributed by atoms with Crippen LogP contribution >= 0.6 is 35.0 Å². The molecule has 0 unspecified atom stereocenters. The molecule has 10 heteroatoms. The molecule has 2 rings (SSSR count). The highest BCUT2D eigenvalue weighted by molar-refractivity contribution is 7.99. The summed E-state index contributed by atoms with van der Waals surface area (Å²) in [6.45, 7) is 4.35. The van der Waals surface area contributed by atoms with Crippen LogP contribution < -0.4 is 5.32 Å². The number of hydrogen-bond donors (Lipinski definition) is 1. The van der Waals surface area contributed by atoms with Crippen molar-refractivity contribution in [3.05, 3.63) is 73.8 Å². The molecule has 7 nitrogen and oxygen atoms in total. The van der Waals surface area contributed by atoms with Crippen LogP contribution in [-0.2, 0) is 21.9 Å². The zero-order valence-corrected chi connectivity index (χ0v) is 20.2. The summed E-state index contributed by atoms with van der Waals surface area (Å²) in [5, 5.41) is 14.5. The van der Waals surface area contributed by atoms with Gasteiger partial charge in [-0.2, -0.15) is 0 Å². The van der Waals surface area contributed by atoms with Gasteiger partial charge in [0.2, 0.25) is 11.8 Å². The number of carbonyl (C=O) groups is 2. The summed E-state index contributed by atoms with van der Waals surface area (Å²) in [6, 6.07) is 10.6. The third kappa shape index (κ3) is 7.69.